The maximum atomic E-state index is 12.7. The van der Waals surface area contributed by atoms with E-state index in [1.54, 1.807) is 6.07 Å². The Bertz CT molecular complexity index is 411. The van der Waals surface area contributed by atoms with Crippen molar-refractivity contribution in [1.82, 2.24) is 0 Å². The van der Waals surface area contributed by atoms with E-state index in [1.165, 1.54) is 12.5 Å². The average molecular weight is 271 g/mol. The number of hydrogen-bond acceptors (Lipinski definition) is 1. The molecule has 0 unspecified atom stereocenters. The van der Waals surface area contributed by atoms with Crippen LogP contribution >= 0.6 is 0 Å². The van der Waals surface area contributed by atoms with Crippen molar-refractivity contribution in [3.63, 3.8) is 0 Å². The molecule has 19 heavy (non-hydrogen) atoms. The Balaban J connectivity index is 1.97. The van der Waals surface area contributed by atoms with Gasteiger partial charge in [0.05, 0.1) is 6.10 Å². The Hall–Kier alpha value is -1.13. The van der Waals surface area contributed by atoms with E-state index in [2.05, 4.69) is 6.92 Å². The van der Waals surface area contributed by atoms with Gasteiger partial charge < -0.3 is 17.7 Å². The van der Waals surface area contributed by atoms with E-state index in [1.807, 2.05) is 0 Å². The van der Waals surface area contributed by atoms with Crippen LogP contribution in [0.4, 0.5) is 12.9 Å². The number of hydrogen-bond donors (Lipinski definition) is 0. The molecular formula is C14H19BF3O-. The van der Waals surface area contributed by atoms with Crippen LogP contribution in [0.5, 0.6) is 5.75 Å². The van der Waals surface area contributed by atoms with Crippen LogP contribution in [0.15, 0.2) is 24.3 Å². The third kappa shape index (κ3) is 3.92. The van der Waals surface area contributed by atoms with E-state index in [-0.39, 0.29) is 6.10 Å². The van der Waals surface area contributed by atoms with Gasteiger partial charge in [-0.15, -0.1) is 5.46 Å². The Kier molecular flexibility index (Phi) is 4.43. The highest BCUT2D eigenvalue weighted by molar-refractivity contribution is 6.73. The number of halogens is 3. The fourth-order valence-electron chi connectivity index (χ4n) is 2.64. The third-order valence-corrected chi connectivity index (χ3v) is 3.91. The molecule has 5 heteroatoms. The summed E-state index contributed by atoms with van der Waals surface area (Å²) >= 11 is 0. The largest absolute Gasteiger partial charge is 0.509 e. The normalized spacial score (nSPS) is 24.2. The molecule has 0 radical (unpaired) electrons. The molecule has 0 bridgehead atoms. The quantitative estimate of drug-likeness (QED) is 0.749. The van der Waals surface area contributed by atoms with Crippen molar-refractivity contribution in [2.24, 2.45) is 5.92 Å². The zero-order chi connectivity index (χ0) is 13.9. The molecule has 0 spiro atoms. The first-order chi connectivity index (χ1) is 8.99. The Morgan fingerprint density at radius 1 is 1.16 bits per heavy atom. The highest BCUT2D eigenvalue weighted by atomic mass is 19.4. The van der Waals surface area contributed by atoms with E-state index >= 15 is 0 Å². The smallest absolute Gasteiger partial charge is 0.491 e. The number of rotatable bonds is 4. The summed E-state index contributed by atoms with van der Waals surface area (Å²) in [6.07, 6.45) is 5.37. The molecule has 0 N–H and O–H groups in total. The second-order valence-electron chi connectivity index (χ2n) is 5.32. The van der Waals surface area contributed by atoms with Crippen LogP contribution in [0.1, 0.15) is 39.0 Å². The van der Waals surface area contributed by atoms with E-state index in [0.29, 0.717) is 5.75 Å². The summed E-state index contributed by atoms with van der Waals surface area (Å²) in [4.78, 5) is 0. The molecule has 0 atom stereocenters. The van der Waals surface area contributed by atoms with Gasteiger partial charge in [-0.25, -0.2) is 0 Å². The lowest BCUT2D eigenvalue weighted by molar-refractivity contribution is 0.130. The maximum Gasteiger partial charge on any atom is 0.509 e. The Morgan fingerprint density at radius 3 is 2.42 bits per heavy atom. The molecule has 1 nitrogen and oxygen atoms in total. The highest BCUT2D eigenvalue weighted by Crippen LogP contribution is 2.29. The zero-order valence-corrected chi connectivity index (χ0v) is 11.1. The second kappa shape index (κ2) is 5.89. The topological polar surface area (TPSA) is 9.23 Å². The minimum atomic E-state index is -4.95. The summed E-state index contributed by atoms with van der Waals surface area (Å²) in [6.45, 7) is -2.76. The monoisotopic (exact) mass is 271 g/mol. The molecule has 2 rings (SSSR count). The van der Waals surface area contributed by atoms with Gasteiger partial charge in [-0.1, -0.05) is 25.5 Å². The molecule has 0 amide bonds. The lowest BCUT2D eigenvalue weighted by Crippen LogP contribution is -2.34. The van der Waals surface area contributed by atoms with E-state index in [0.717, 1.165) is 43.7 Å². The lowest BCUT2D eigenvalue weighted by atomic mass is 9.80. The van der Waals surface area contributed by atoms with Gasteiger partial charge in [-0.2, -0.15) is 0 Å². The van der Waals surface area contributed by atoms with Gasteiger partial charge in [0.25, 0.3) is 0 Å². The lowest BCUT2D eigenvalue weighted by Gasteiger charge is -2.28. The molecule has 0 aliphatic heterocycles. The van der Waals surface area contributed by atoms with Crippen molar-refractivity contribution in [3.05, 3.63) is 24.3 Å². The first kappa shape index (κ1) is 14.3. The van der Waals surface area contributed by atoms with Crippen LogP contribution in [0, 0.1) is 5.92 Å². The zero-order valence-electron chi connectivity index (χ0n) is 11.1. The molecule has 1 saturated carbocycles. The fourth-order valence-corrected chi connectivity index (χ4v) is 2.64. The fraction of sp³-hybridized carbons (Fsp3) is 0.571. The molecule has 106 valence electrons. The Labute approximate surface area is 112 Å². The van der Waals surface area contributed by atoms with Gasteiger partial charge in [-0.05, 0) is 43.7 Å². The average Bonchev–Trinajstić information content (AvgIpc) is 2.39. The second-order valence-corrected chi connectivity index (χ2v) is 5.32. The van der Waals surface area contributed by atoms with Gasteiger partial charge in [0.15, 0.2) is 0 Å². The standard InChI is InChI=1S/C14H19BF3O/c1-2-11-6-8-13(9-7-11)19-14-5-3-4-12(10-14)15(16,17)18/h3-5,10-11,13H,2,6-9H2,1H3/q-1. The van der Waals surface area contributed by atoms with Crippen LogP contribution in [-0.4, -0.2) is 13.1 Å². The van der Waals surface area contributed by atoms with E-state index in [9.17, 15) is 12.9 Å². The first-order valence-electron chi connectivity index (χ1n) is 6.95. The first-order valence-corrected chi connectivity index (χ1v) is 6.95. The van der Waals surface area contributed by atoms with Gasteiger partial charge in [0.1, 0.15) is 5.75 Å². The summed E-state index contributed by atoms with van der Waals surface area (Å²) in [6, 6.07) is 5.24. The maximum absolute atomic E-state index is 12.7. The van der Waals surface area contributed by atoms with Crippen LogP contribution in [0.2, 0.25) is 0 Å². The van der Waals surface area contributed by atoms with Crippen molar-refractivity contribution in [2.75, 3.05) is 0 Å². The highest BCUT2D eigenvalue weighted by Gasteiger charge is 2.26. The number of ether oxygens (including phenoxy) is 1. The Morgan fingerprint density at radius 2 is 1.84 bits per heavy atom. The molecule has 0 heterocycles. The van der Waals surface area contributed by atoms with Gasteiger partial charge >= 0.3 is 6.98 Å². The van der Waals surface area contributed by atoms with Crippen molar-refractivity contribution >= 4 is 12.4 Å². The van der Waals surface area contributed by atoms with Crippen molar-refractivity contribution in [3.8, 4) is 5.75 Å². The summed E-state index contributed by atoms with van der Waals surface area (Å²) in [5.74, 6) is 1.10. The van der Waals surface area contributed by atoms with Crippen molar-refractivity contribution < 1.29 is 17.7 Å². The molecule has 1 aromatic rings. The molecular weight excluding hydrogens is 252 g/mol. The summed E-state index contributed by atoms with van der Waals surface area (Å²) in [7, 11) is 0. The molecule has 1 fully saturated rings. The van der Waals surface area contributed by atoms with Crippen LogP contribution < -0.4 is 10.2 Å². The molecule has 1 aliphatic rings. The van der Waals surface area contributed by atoms with Gasteiger partial charge in [0.2, 0.25) is 0 Å². The minimum Gasteiger partial charge on any atom is -0.491 e. The van der Waals surface area contributed by atoms with Gasteiger partial charge in [0, 0.05) is 0 Å². The minimum absolute atomic E-state index is 0.0683. The molecule has 1 aliphatic carbocycles. The third-order valence-electron chi connectivity index (χ3n) is 3.91. The predicted octanol–water partition coefficient (Wildman–Crippen LogP) is 4.09. The van der Waals surface area contributed by atoms with Crippen molar-refractivity contribution in [2.45, 2.75) is 45.1 Å². The van der Waals surface area contributed by atoms with E-state index in [4.69, 9.17) is 4.74 Å². The summed E-state index contributed by atoms with van der Waals surface area (Å²) in [5, 5.41) is 0. The van der Waals surface area contributed by atoms with Crippen molar-refractivity contribution in [1.29, 1.82) is 0 Å². The summed E-state index contributed by atoms with van der Waals surface area (Å²) < 4.78 is 43.6. The van der Waals surface area contributed by atoms with Crippen LogP contribution in [-0.2, 0) is 0 Å². The summed E-state index contributed by atoms with van der Waals surface area (Å²) in [5.41, 5.74) is -0.584. The van der Waals surface area contributed by atoms with Gasteiger partial charge in [-0.3, -0.25) is 0 Å². The van der Waals surface area contributed by atoms with Crippen LogP contribution in [0.3, 0.4) is 0 Å². The SMILES string of the molecule is CCC1CCC(Oc2cccc([B-](F)(F)F)c2)CC1. The molecule has 0 saturated heterocycles. The van der Waals surface area contributed by atoms with Crippen LogP contribution in [0.25, 0.3) is 0 Å². The molecule has 0 aromatic heterocycles. The molecule has 1 aromatic carbocycles. The van der Waals surface area contributed by atoms with E-state index < -0.39 is 12.4 Å². The number of benzene rings is 1. The predicted molar refractivity (Wildman–Crippen MR) is 71.8 cm³/mol.